The van der Waals surface area contributed by atoms with E-state index in [0.717, 1.165) is 61.4 Å². The molecular formula is C29H36FN7O4S. The van der Waals surface area contributed by atoms with Gasteiger partial charge < -0.3 is 14.5 Å². The number of aryl methyl sites for hydroxylation is 1. The maximum absolute atomic E-state index is 13.7. The Morgan fingerprint density at radius 2 is 1.79 bits per heavy atom. The van der Waals surface area contributed by atoms with Gasteiger partial charge in [-0.15, -0.1) is 0 Å². The number of ether oxygens (including phenoxy) is 1. The molecule has 0 unspecified atom stereocenters. The minimum absolute atomic E-state index is 0.366. The van der Waals surface area contributed by atoms with Crippen molar-refractivity contribution in [1.82, 2.24) is 19.7 Å². The molecular weight excluding hydrogens is 561 g/mol. The van der Waals surface area contributed by atoms with Gasteiger partial charge in [-0.2, -0.15) is 5.10 Å². The first-order valence-electron chi connectivity index (χ1n) is 14.4. The van der Waals surface area contributed by atoms with Crippen LogP contribution in [-0.4, -0.2) is 79.3 Å². The number of esters is 1. The predicted molar refractivity (Wildman–Crippen MR) is 158 cm³/mol. The molecule has 6 rings (SSSR count). The first kappa shape index (κ1) is 28.4. The van der Waals surface area contributed by atoms with Crippen LogP contribution in [0.3, 0.4) is 0 Å². The van der Waals surface area contributed by atoms with Gasteiger partial charge in [0, 0.05) is 43.6 Å². The normalized spacial score (nSPS) is 18.7. The number of nitrogens with zero attached hydrogens (tertiary/aromatic N) is 6. The number of anilines is 3. The molecule has 2 aromatic heterocycles. The van der Waals surface area contributed by atoms with E-state index < -0.39 is 27.9 Å². The topological polar surface area (TPSA) is 123 Å². The molecule has 0 bridgehead atoms. The molecule has 1 aromatic carbocycles. The summed E-state index contributed by atoms with van der Waals surface area (Å²) in [5.41, 5.74) is 4.85. The van der Waals surface area contributed by atoms with E-state index in [0.29, 0.717) is 43.0 Å². The van der Waals surface area contributed by atoms with Crippen molar-refractivity contribution in [2.45, 2.75) is 51.6 Å². The van der Waals surface area contributed by atoms with Crippen molar-refractivity contribution in [3.05, 3.63) is 42.4 Å². The highest BCUT2D eigenvalue weighted by Gasteiger charge is 2.44. The molecule has 224 valence electrons. The Morgan fingerprint density at radius 3 is 2.48 bits per heavy atom. The molecule has 13 heteroatoms. The predicted octanol–water partition coefficient (Wildman–Crippen LogP) is 3.87. The van der Waals surface area contributed by atoms with Crippen LogP contribution in [0, 0.1) is 12.3 Å². The highest BCUT2D eigenvalue weighted by molar-refractivity contribution is 7.93. The van der Waals surface area contributed by atoms with Crippen LogP contribution in [0.2, 0.25) is 0 Å². The van der Waals surface area contributed by atoms with Gasteiger partial charge in [-0.05, 0) is 75.1 Å². The van der Waals surface area contributed by atoms with Gasteiger partial charge in [0.1, 0.15) is 6.17 Å². The SMILES string of the molecule is COC(=O)CS(=O)(=O)Nc1ccc(-n2cc(-c3cc(C)nc(N4CCC(F)CC4)n3)cn2)c(N2CCC3(CC2)CC3)c1. The molecule has 3 aliphatic rings. The lowest BCUT2D eigenvalue weighted by molar-refractivity contribution is -0.137. The zero-order valence-corrected chi connectivity index (χ0v) is 24.7. The van der Waals surface area contributed by atoms with Crippen molar-refractivity contribution in [2.75, 3.05) is 53.6 Å². The third-order valence-corrected chi connectivity index (χ3v) is 9.74. The van der Waals surface area contributed by atoms with E-state index in [4.69, 9.17) is 4.98 Å². The van der Waals surface area contributed by atoms with E-state index in [1.165, 1.54) is 12.8 Å². The van der Waals surface area contributed by atoms with Crippen LogP contribution >= 0.6 is 0 Å². The van der Waals surface area contributed by atoms with Crippen molar-refractivity contribution in [3.8, 4) is 16.9 Å². The number of rotatable bonds is 8. The lowest BCUT2D eigenvalue weighted by atomic mass is 9.93. The fourth-order valence-corrected chi connectivity index (χ4v) is 6.83. The summed E-state index contributed by atoms with van der Waals surface area (Å²) >= 11 is 0. The molecule has 42 heavy (non-hydrogen) atoms. The quantitative estimate of drug-likeness (QED) is 0.386. The van der Waals surface area contributed by atoms with Gasteiger partial charge in [-0.3, -0.25) is 9.52 Å². The highest BCUT2D eigenvalue weighted by Crippen LogP contribution is 2.54. The molecule has 11 nitrogen and oxygen atoms in total. The Hall–Kier alpha value is -3.74. The molecule has 1 aliphatic carbocycles. The monoisotopic (exact) mass is 597 g/mol. The second-order valence-corrected chi connectivity index (χ2v) is 13.4. The van der Waals surface area contributed by atoms with Crippen LogP contribution in [0.4, 0.5) is 21.7 Å². The van der Waals surface area contributed by atoms with Crippen LogP contribution in [0.15, 0.2) is 36.7 Å². The number of piperidine rings is 2. The maximum atomic E-state index is 13.7. The van der Waals surface area contributed by atoms with E-state index >= 15 is 0 Å². The zero-order valence-electron chi connectivity index (χ0n) is 23.9. The molecule has 2 aliphatic heterocycles. The van der Waals surface area contributed by atoms with Crippen molar-refractivity contribution in [1.29, 1.82) is 0 Å². The molecule has 1 spiro atoms. The Morgan fingerprint density at radius 1 is 1.05 bits per heavy atom. The number of halogens is 1. The fourth-order valence-electron chi connectivity index (χ4n) is 5.84. The number of carbonyl (C=O) groups excluding carboxylic acids is 1. The average Bonchev–Trinajstić information content (AvgIpc) is 3.53. The molecule has 0 amide bonds. The summed E-state index contributed by atoms with van der Waals surface area (Å²) in [5, 5.41) is 4.66. The van der Waals surface area contributed by atoms with Gasteiger partial charge in [-0.1, -0.05) is 0 Å². The number of carbonyl (C=O) groups is 1. The van der Waals surface area contributed by atoms with Gasteiger partial charge in [-0.25, -0.2) is 27.5 Å². The van der Waals surface area contributed by atoms with E-state index in [1.807, 2.05) is 30.2 Å². The van der Waals surface area contributed by atoms with Crippen molar-refractivity contribution in [3.63, 3.8) is 0 Å². The average molecular weight is 598 g/mol. The molecule has 3 fully saturated rings. The summed E-state index contributed by atoms with van der Waals surface area (Å²) in [6, 6.07) is 7.22. The Labute approximate surface area is 245 Å². The molecule has 4 heterocycles. The number of aromatic nitrogens is 4. The number of hydrogen-bond acceptors (Lipinski definition) is 9. The summed E-state index contributed by atoms with van der Waals surface area (Å²) in [7, 11) is -2.78. The van der Waals surface area contributed by atoms with E-state index in [-0.39, 0.29) is 0 Å². The zero-order chi connectivity index (χ0) is 29.5. The molecule has 0 atom stereocenters. The first-order valence-corrected chi connectivity index (χ1v) is 16.0. The lowest BCUT2D eigenvalue weighted by Gasteiger charge is -2.35. The van der Waals surface area contributed by atoms with E-state index in [1.54, 1.807) is 23.0 Å². The lowest BCUT2D eigenvalue weighted by Crippen LogP contribution is -2.35. The summed E-state index contributed by atoms with van der Waals surface area (Å²) < 4.78 is 47.7. The van der Waals surface area contributed by atoms with Gasteiger partial charge in [0.2, 0.25) is 16.0 Å². The minimum atomic E-state index is -3.94. The first-order chi connectivity index (χ1) is 20.1. The van der Waals surface area contributed by atoms with Gasteiger partial charge in [0.25, 0.3) is 0 Å². The summed E-state index contributed by atoms with van der Waals surface area (Å²) in [6.45, 7) is 4.81. The second-order valence-electron chi connectivity index (χ2n) is 11.7. The van der Waals surface area contributed by atoms with Crippen molar-refractivity contribution >= 4 is 33.3 Å². The Kier molecular flexibility index (Phi) is 7.54. The van der Waals surface area contributed by atoms with Crippen LogP contribution in [0.5, 0.6) is 0 Å². The number of methoxy groups -OCH3 is 1. The molecule has 0 radical (unpaired) electrons. The third kappa shape index (κ3) is 6.20. The molecule has 2 saturated heterocycles. The Balaban J connectivity index is 1.30. The van der Waals surface area contributed by atoms with Crippen LogP contribution in [0.25, 0.3) is 16.9 Å². The minimum Gasteiger partial charge on any atom is -0.468 e. The molecule has 1 saturated carbocycles. The fraction of sp³-hybridized carbons (Fsp3) is 0.517. The van der Waals surface area contributed by atoms with Crippen LogP contribution in [-0.2, 0) is 19.6 Å². The third-order valence-electron chi connectivity index (χ3n) is 8.58. The van der Waals surface area contributed by atoms with Crippen LogP contribution in [0.1, 0.15) is 44.2 Å². The maximum Gasteiger partial charge on any atom is 0.322 e. The van der Waals surface area contributed by atoms with Gasteiger partial charge in [0.15, 0.2) is 5.75 Å². The second kappa shape index (κ2) is 11.2. The van der Waals surface area contributed by atoms with Gasteiger partial charge in [0.05, 0.1) is 36.1 Å². The number of benzene rings is 1. The molecule has 1 N–H and O–H groups in total. The van der Waals surface area contributed by atoms with Crippen LogP contribution < -0.4 is 14.5 Å². The number of hydrogen-bond donors (Lipinski definition) is 1. The van der Waals surface area contributed by atoms with E-state index in [2.05, 4.69) is 24.4 Å². The standard InChI is InChI=1S/C29H36FN7O4S/c1-20-15-24(33-28(32-20)36-11-5-22(30)6-12-36)21-17-31-37(18-21)25-4-3-23(34-42(39,40)19-27(38)41-2)16-26(25)35-13-9-29(7-8-29)10-14-35/h3-4,15-18,22,34H,5-14,19H2,1-2H3. The van der Waals surface area contributed by atoms with Gasteiger partial charge >= 0.3 is 5.97 Å². The number of sulfonamides is 1. The van der Waals surface area contributed by atoms with Crippen molar-refractivity contribution < 1.29 is 22.3 Å². The Bertz CT molecular complexity index is 1570. The number of alkyl halides is 1. The summed E-state index contributed by atoms with van der Waals surface area (Å²) in [5.74, 6) is -0.998. The van der Waals surface area contributed by atoms with Crippen molar-refractivity contribution in [2.24, 2.45) is 5.41 Å². The highest BCUT2D eigenvalue weighted by atomic mass is 32.2. The summed E-state index contributed by atoms with van der Waals surface area (Å²) in [4.78, 5) is 25.3. The largest absolute Gasteiger partial charge is 0.468 e. The van der Waals surface area contributed by atoms with E-state index in [9.17, 15) is 17.6 Å². The summed E-state index contributed by atoms with van der Waals surface area (Å²) in [6.07, 6.45) is 8.57. The molecule has 3 aromatic rings. The smallest absolute Gasteiger partial charge is 0.322 e. The number of nitrogens with one attached hydrogen (secondary N) is 1.